The van der Waals surface area contributed by atoms with Crippen LogP contribution in [-0.4, -0.2) is 9.55 Å². The van der Waals surface area contributed by atoms with Gasteiger partial charge in [-0.15, -0.1) is 0 Å². The Labute approximate surface area is 96.1 Å². The van der Waals surface area contributed by atoms with Gasteiger partial charge in [-0.3, -0.25) is 0 Å². The van der Waals surface area contributed by atoms with Crippen molar-refractivity contribution in [1.29, 1.82) is 5.26 Å². The summed E-state index contributed by atoms with van der Waals surface area (Å²) in [4.78, 5) is 4.25. The van der Waals surface area contributed by atoms with E-state index in [4.69, 9.17) is 5.26 Å². The number of hydrogen-bond donors (Lipinski definition) is 0. The summed E-state index contributed by atoms with van der Waals surface area (Å²) in [6, 6.07) is 11.8. The highest BCUT2D eigenvalue weighted by atomic mass is 79.9. The van der Waals surface area contributed by atoms with Crippen LogP contribution in [0.3, 0.4) is 0 Å². The average molecular weight is 262 g/mol. The molecule has 1 aromatic carbocycles. The Hall–Kier alpha value is -1.60. The molecule has 0 saturated carbocycles. The van der Waals surface area contributed by atoms with E-state index < -0.39 is 0 Å². The van der Waals surface area contributed by atoms with Gasteiger partial charge in [-0.2, -0.15) is 5.26 Å². The fraction of sp³-hybridized carbons (Fsp3) is 0.0909. The average Bonchev–Trinajstić information content (AvgIpc) is 2.57. The molecule has 2 aromatic rings. The summed E-state index contributed by atoms with van der Waals surface area (Å²) in [7, 11) is 1.88. The lowest BCUT2D eigenvalue weighted by molar-refractivity contribution is 0.901. The molecule has 0 amide bonds. The molecule has 0 unspecified atom stereocenters. The van der Waals surface area contributed by atoms with Crippen LogP contribution in [0.2, 0.25) is 0 Å². The molecule has 0 saturated heterocycles. The van der Waals surface area contributed by atoms with E-state index in [1.54, 1.807) is 0 Å². The molecule has 0 aliphatic heterocycles. The first-order valence-corrected chi connectivity index (χ1v) is 5.21. The summed E-state index contributed by atoms with van der Waals surface area (Å²) in [5, 5.41) is 8.85. The van der Waals surface area contributed by atoms with Gasteiger partial charge < -0.3 is 4.57 Å². The number of aromatic nitrogens is 2. The molecule has 15 heavy (non-hydrogen) atoms. The minimum Gasteiger partial charge on any atom is -0.321 e. The van der Waals surface area contributed by atoms with E-state index in [0.29, 0.717) is 10.3 Å². The van der Waals surface area contributed by atoms with Gasteiger partial charge in [0, 0.05) is 12.6 Å². The second-order valence-corrected chi connectivity index (χ2v) is 3.86. The number of nitrogens with zero attached hydrogens (tertiary/aromatic N) is 3. The highest BCUT2D eigenvalue weighted by molar-refractivity contribution is 9.10. The Morgan fingerprint density at radius 3 is 2.53 bits per heavy atom. The molecule has 74 valence electrons. The van der Waals surface area contributed by atoms with Crippen LogP contribution in [0.5, 0.6) is 0 Å². The van der Waals surface area contributed by atoms with Crippen LogP contribution in [0.4, 0.5) is 0 Å². The monoisotopic (exact) mass is 261 g/mol. The summed E-state index contributed by atoms with van der Waals surface area (Å²) in [5.41, 5.74) is 1.42. The molecule has 3 nitrogen and oxygen atoms in total. The number of nitriles is 1. The molecule has 0 fully saturated rings. The van der Waals surface area contributed by atoms with E-state index in [9.17, 15) is 0 Å². The molecule has 2 rings (SSSR count). The van der Waals surface area contributed by atoms with Crippen molar-refractivity contribution in [1.82, 2.24) is 9.55 Å². The van der Waals surface area contributed by atoms with Gasteiger partial charge in [0.15, 0.2) is 5.69 Å². The molecule has 0 aliphatic rings. The maximum atomic E-state index is 8.85. The zero-order chi connectivity index (χ0) is 10.8. The molecule has 0 aliphatic carbocycles. The minimum atomic E-state index is 0.413. The summed E-state index contributed by atoms with van der Waals surface area (Å²) in [6.07, 6.45) is 0. The smallest absolute Gasteiger partial charge is 0.173 e. The summed E-state index contributed by atoms with van der Waals surface area (Å²) < 4.78 is 2.57. The van der Waals surface area contributed by atoms with Crippen molar-refractivity contribution >= 4 is 15.9 Å². The highest BCUT2D eigenvalue weighted by Crippen LogP contribution is 2.24. The number of rotatable bonds is 1. The Morgan fingerprint density at radius 1 is 1.33 bits per heavy atom. The van der Waals surface area contributed by atoms with Gasteiger partial charge in [0.25, 0.3) is 0 Å². The van der Waals surface area contributed by atoms with Crippen molar-refractivity contribution in [3.8, 4) is 17.5 Å². The quantitative estimate of drug-likeness (QED) is 0.792. The van der Waals surface area contributed by atoms with Crippen LogP contribution in [0.1, 0.15) is 5.69 Å². The van der Waals surface area contributed by atoms with Gasteiger partial charge in [-0.1, -0.05) is 30.3 Å². The minimum absolute atomic E-state index is 0.413. The van der Waals surface area contributed by atoms with Gasteiger partial charge in [0.1, 0.15) is 16.5 Å². The number of halogens is 1. The lowest BCUT2D eigenvalue weighted by Crippen LogP contribution is -1.92. The highest BCUT2D eigenvalue weighted by Gasteiger charge is 2.12. The first-order valence-electron chi connectivity index (χ1n) is 4.41. The van der Waals surface area contributed by atoms with Crippen LogP contribution >= 0.6 is 15.9 Å². The van der Waals surface area contributed by atoms with E-state index in [2.05, 4.69) is 20.9 Å². The van der Waals surface area contributed by atoms with Gasteiger partial charge in [0.2, 0.25) is 0 Å². The predicted molar refractivity (Wildman–Crippen MR) is 61.1 cm³/mol. The molecule has 0 bridgehead atoms. The molecule has 0 atom stereocenters. The molecular weight excluding hydrogens is 254 g/mol. The Balaban J connectivity index is 2.61. The molecular formula is C11H8BrN3. The molecule has 1 aromatic heterocycles. The normalized spacial score (nSPS) is 9.93. The van der Waals surface area contributed by atoms with Crippen LogP contribution in [0, 0.1) is 11.3 Å². The molecule has 0 spiro atoms. The standard InChI is InChI=1S/C11H8BrN3/c1-15-10(12)9(7-13)14-11(15)8-5-3-2-4-6-8/h2-6H,1H3. The van der Waals surface area contributed by atoms with Crippen molar-refractivity contribution in [3.05, 3.63) is 40.6 Å². The first-order chi connectivity index (χ1) is 7.24. The zero-order valence-electron chi connectivity index (χ0n) is 8.11. The van der Waals surface area contributed by atoms with Crippen molar-refractivity contribution in [2.75, 3.05) is 0 Å². The van der Waals surface area contributed by atoms with Gasteiger partial charge in [-0.25, -0.2) is 4.98 Å². The van der Waals surface area contributed by atoms with E-state index in [1.165, 1.54) is 0 Å². The van der Waals surface area contributed by atoms with Crippen molar-refractivity contribution in [2.45, 2.75) is 0 Å². The van der Waals surface area contributed by atoms with Crippen molar-refractivity contribution < 1.29 is 0 Å². The van der Waals surface area contributed by atoms with Gasteiger partial charge in [0.05, 0.1) is 0 Å². The first kappa shape index (κ1) is 9.94. The van der Waals surface area contributed by atoms with E-state index in [-0.39, 0.29) is 0 Å². The third-order valence-corrected chi connectivity index (χ3v) is 3.07. The summed E-state index contributed by atoms with van der Waals surface area (Å²) in [6.45, 7) is 0. The molecule has 0 N–H and O–H groups in total. The van der Waals surface area contributed by atoms with Crippen LogP contribution in [-0.2, 0) is 7.05 Å². The van der Waals surface area contributed by atoms with E-state index >= 15 is 0 Å². The van der Waals surface area contributed by atoms with Crippen LogP contribution in [0.15, 0.2) is 34.9 Å². The fourth-order valence-corrected chi connectivity index (χ4v) is 1.74. The lowest BCUT2D eigenvalue weighted by atomic mass is 10.2. The predicted octanol–water partition coefficient (Wildman–Crippen LogP) is 2.72. The Kier molecular flexibility index (Phi) is 2.57. The van der Waals surface area contributed by atoms with Crippen molar-refractivity contribution in [3.63, 3.8) is 0 Å². The molecule has 4 heteroatoms. The number of benzene rings is 1. The van der Waals surface area contributed by atoms with E-state index in [1.807, 2.05) is 48.0 Å². The number of imidazole rings is 1. The third kappa shape index (κ3) is 1.66. The summed E-state index contributed by atoms with van der Waals surface area (Å²) in [5.74, 6) is 0.791. The third-order valence-electron chi connectivity index (χ3n) is 2.16. The van der Waals surface area contributed by atoms with Crippen molar-refractivity contribution in [2.24, 2.45) is 7.05 Å². The largest absolute Gasteiger partial charge is 0.321 e. The summed E-state index contributed by atoms with van der Waals surface area (Å²) >= 11 is 3.34. The maximum absolute atomic E-state index is 8.85. The van der Waals surface area contributed by atoms with Crippen LogP contribution < -0.4 is 0 Å². The second-order valence-electron chi connectivity index (χ2n) is 3.11. The van der Waals surface area contributed by atoms with E-state index in [0.717, 1.165) is 11.4 Å². The van der Waals surface area contributed by atoms with Crippen LogP contribution in [0.25, 0.3) is 11.4 Å². The molecule has 0 radical (unpaired) electrons. The number of hydrogen-bond acceptors (Lipinski definition) is 2. The fourth-order valence-electron chi connectivity index (χ4n) is 1.40. The zero-order valence-corrected chi connectivity index (χ0v) is 9.69. The lowest BCUT2D eigenvalue weighted by Gasteiger charge is -2.01. The Morgan fingerprint density at radius 2 is 2.00 bits per heavy atom. The SMILES string of the molecule is Cn1c(-c2ccccc2)nc(C#N)c1Br. The van der Waals surface area contributed by atoms with Gasteiger partial charge in [-0.05, 0) is 15.9 Å². The Bertz CT molecular complexity index is 523. The van der Waals surface area contributed by atoms with Gasteiger partial charge >= 0.3 is 0 Å². The molecule has 1 heterocycles. The maximum Gasteiger partial charge on any atom is 0.173 e. The topological polar surface area (TPSA) is 41.6 Å². The second kappa shape index (κ2) is 3.87.